The first kappa shape index (κ1) is 21.1. The van der Waals surface area contributed by atoms with Gasteiger partial charge in [0, 0.05) is 39.3 Å². The molecule has 0 spiro atoms. The minimum Gasteiger partial charge on any atom is -0.373 e. The van der Waals surface area contributed by atoms with E-state index in [0.717, 1.165) is 26.2 Å². The van der Waals surface area contributed by atoms with Crippen LogP contribution in [0.5, 0.6) is 0 Å². The van der Waals surface area contributed by atoms with Crippen molar-refractivity contribution in [2.75, 3.05) is 52.4 Å². The molecule has 0 bridgehead atoms. The minimum absolute atomic E-state index is 0.0172. The zero-order valence-corrected chi connectivity index (χ0v) is 16.5. The van der Waals surface area contributed by atoms with E-state index in [4.69, 9.17) is 9.47 Å². The molecule has 2 aliphatic rings. The molecule has 0 aromatic heterocycles. The van der Waals surface area contributed by atoms with Crippen molar-refractivity contribution in [3.63, 3.8) is 0 Å². The average Bonchev–Trinajstić information content (AvgIpc) is 2.49. The number of morpholine rings is 2. The highest BCUT2D eigenvalue weighted by Gasteiger charge is 2.24. The topological polar surface area (TPSA) is 83.1 Å². The van der Waals surface area contributed by atoms with Gasteiger partial charge in [0.05, 0.1) is 37.5 Å². The number of amides is 2. The quantitative estimate of drug-likeness (QED) is 0.585. The van der Waals surface area contributed by atoms with Gasteiger partial charge >= 0.3 is 0 Å². The van der Waals surface area contributed by atoms with Crippen molar-refractivity contribution in [3.8, 4) is 0 Å². The Bertz CT molecular complexity index is 414. The summed E-state index contributed by atoms with van der Waals surface area (Å²) >= 11 is 0. The highest BCUT2D eigenvalue weighted by molar-refractivity contribution is 5.79. The number of nitrogens with one attached hydrogen (secondary N) is 2. The van der Waals surface area contributed by atoms with Crippen molar-refractivity contribution in [3.05, 3.63) is 0 Å². The van der Waals surface area contributed by atoms with Crippen molar-refractivity contribution in [2.24, 2.45) is 0 Å². The summed E-state index contributed by atoms with van der Waals surface area (Å²) in [6, 6.07) is 0. The number of carbonyl (C=O) groups excluding carboxylic acids is 2. The number of nitrogens with zero attached hydrogens (tertiary/aromatic N) is 2. The maximum absolute atomic E-state index is 12.0. The van der Waals surface area contributed by atoms with E-state index in [2.05, 4.69) is 20.4 Å². The van der Waals surface area contributed by atoms with Gasteiger partial charge in [-0.15, -0.1) is 0 Å². The first-order valence-electron chi connectivity index (χ1n) is 9.61. The maximum atomic E-state index is 12.0. The minimum atomic E-state index is -0.0172. The Labute approximate surface area is 156 Å². The summed E-state index contributed by atoms with van der Waals surface area (Å²) < 4.78 is 11.3. The lowest BCUT2D eigenvalue weighted by atomic mass is 10.2. The molecule has 2 rings (SSSR count). The van der Waals surface area contributed by atoms with Crippen LogP contribution in [0.25, 0.3) is 0 Å². The summed E-state index contributed by atoms with van der Waals surface area (Å²) in [4.78, 5) is 28.3. The van der Waals surface area contributed by atoms with Crippen molar-refractivity contribution in [1.29, 1.82) is 0 Å². The molecule has 2 heterocycles. The molecule has 4 atom stereocenters. The van der Waals surface area contributed by atoms with Crippen LogP contribution >= 0.6 is 0 Å². The van der Waals surface area contributed by atoms with Crippen molar-refractivity contribution >= 4 is 11.8 Å². The van der Waals surface area contributed by atoms with E-state index in [1.165, 1.54) is 0 Å². The van der Waals surface area contributed by atoms with Crippen LogP contribution in [-0.2, 0) is 19.1 Å². The average molecular weight is 370 g/mol. The van der Waals surface area contributed by atoms with Gasteiger partial charge in [-0.1, -0.05) is 0 Å². The van der Waals surface area contributed by atoms with Crippen molar-refractivity contribution in [2.45, 2.75) is 52.1 Å². The molecule has 2 amide bonds. The summed E-state index contributed by atoms with van der Waals surface area (Å²) in [5.41, 5.74) is 0. The summed E-state index contributed by atoms with van der Waals surface area (Å²) in [6.45, 7) is 12.8. The van der Waals surface area contributed by atoms with Crippen LogP contribution in [0.4, 0.5) is 0 Å². The Kier molecular flexibility index (Phi) is 8.27. The lowest BCUT2D eigenvalue weighted by Crippen LogP contribution is -2.50. The molecule has 0 aromatic rings. The van der Waals surface area contributed by atoms with Crippen LogP contribution < -0.4 is 10.6 Å². The molecule has 26 heavy (non-hydrogen) atoms. The fourth-order valence-corrected chi connectivity index (χ4v) is 3.75. The summed E-state index contributed by atoms with van der Waals surface area (Å²) in [5.74, 6) is -0.0345. The normalized spacial score (nSPS) is 30.8. The molecule has 0 unspecified atom stereocenters. The Morgan fingerprint density at radius 1 is 0.731 bits per heavy atom. The zero-order valence-electron chi connectivity index (χ0n) is 16.5. The van der Waals surface area contributed by atoms with Gasteiger partial charge in [0.1, 0.15) is 0 Å². The maximum Gasteiger partial charge on any atom is 0.234 e. The Hall–Kier alpha value is -1.22. The van der Waals surface area contributed by atoms with Crippen LogP contribution in [0.2, 0.25) is 0 Å². The van der Waals surface area contributed by atoms with Crippen LogP contribution in [-0.4, -0.2) is 98.4 Å². The third-order valence-electron chi connectivity index (χ3n) is 4.49. The van der Waals surface area contributed by atoms with E-state index >= 15 is 0 Å². The predicted molar refractivity (Wildman–Crippen MR) is 98.9 cm³/mol. The Morgan fingerprint density at radius 2 is 1.04 bits per heavy atom. The predicted octanol–water partition coefficient (Wildman–Crippen LogP) is -0.563. The summed E-state index contributed by atoms with van der Waals surface area (Å²) in [5, 5.41) is 5.73. The lowest BCUT2D eigenvalue weighted by molar-refractivity contribution is -0.127. The van der Waals surface area contributed by atoms with Crippen LogP contribution in [0, 0.1) is 0 Å². The van der Waals surface area contributed by atoms with E-state index in [0.29, 0.717) is 26.2 Å². The van der Waals surface area contributed by atoms with Gasteiger partial charge in [0.2, 0.25) is 11.8 Å². The molecule has 0 radical (unpaired) electrons. The molecule has 2 saturated heterocycles. The summed E-state index contributed by atoms with van der Waals surface area (Å²) in [7, 11) is 0. The molecule has 8 nitrogen and oxygen atoms in total. The smallest absolute Gasteiger partial charge is 0.234 e. The molecule has 2 N–H and O–H groups in total. The molecule has 2 fully saturated rings. The van der Waals surface area contributed by atoms with Gasteiger partial charge in [0.25, 0.3) is 0 Å². The van der Waals surface area contributed by atoms with Gasteiger partial charge < -0.3 is 20.1 Å². The molecule has 0 aliphatic carbocycles. The van der Waals surface area contributed by atoms with E-state index in [9.17, 15) is 9.59 Å². The van der Waals surface area contributed by atoms with Gasteiger partial charge in [0.15, 0.2) is 0 Å². The molecule has 0 saturated carbocycles. The van der Waals surface area contributed by atoms with Gasteiger partial charge in [-0.3, -0.25) is 19.4 Å². The van der Waals surface area contributed by atoms with Crippen LogP contribution in [0.3, 0.4) is 0 Å². The number of rotatable bonds is 7. The molecule has 8 heteroatoms. The molecule has 2 aliphatic heterocycles. The molecule has 0 aromatic carbocycles. The van der Waals surface area contributed by atoms with E-state index in [1.807, 2.05) is 27.7 Å². The Morgan fingerprint density at radius 3 is 1.35 bits per heavy atom. The lowest BCUT2D eigenvalue weighted by Gasteiger charge is -2.35. The second-order valence-corrected chi connectivity index (χ2v) is 7.60. The fraction of sp³-hybridized carbons (Fsp3) is 0.889. The van der Waals surface area contributed by atoms with Gasteiger partial charge in [-0.25, -0.2) is 0 Å². The molecule has 150 valence electrons. The largest absolute Gasteiger partial charge is 0.373 e. The molecular weight excluding hydrogens is 336 g/mol. The highest BCUT2D eigenvalue weighted by Crippen LogP contribution is 2.10. The standard InChI is InChI=1S/C18H34N4O4/c1-13-7-21(8-14(2)25-13)11-17(23)19-5-6-20-18(24)12-22-9-15(3)26-16(4)10-22/h13-16H,5-12H2,1-4H3,(H,19,23)(H,20,24)/t13-,14-,15-,16+/m1/s1. The second-order valence-electron chi connectivity index (χ2n) is 7.60. The van der Waals surface area contributed by atoms with E-state index in [-0.39, 0.29) is 36.2 Å². The van der Waals surface area contributed by atoms with Crippen LogP contribution in [0.15, 0.2) is 0 Å². The van der Waals surface area contributed by atoms with E-state index in [1.54, 1.807) is 0 Å². The van der Waals surface area contributed by atoms with E-state index < -0.39 is 0 Å². The fourth-order valence-electron chi connectivity index (χ4n) is 3.75. The Balaban J connectivity index is 1.56. The number of hydrogen-bond donors (Lipinski definition) is 2. The molecular formula is C18H34N4O4. The number of hydrogen-bond acceptors (Lipinski definition) is 6. The SMILES string of the molecule is C[C@@H]1CN(CC(=O)NCCNC(=O)CN2C[C@@H](C)O[C@@H](C)C2)C[C@@H](C)O1. The van der Waals surface area contributed by atoms with Gasteiger partial charge in [-0.2, -0.15) is 0 Å². The first-order chi connectivity index (χ1) is 12.3. The van der Waals surface area contributed by atoms with Gasteiger partial charge in [-0.05, 0) is 27.7 Å². The number of ether oxygens (including phenoxy) is 2. The van der Waals surface area contributed by atoms with Crippen LogP contribution in [0.1, 0.15) is 27.7 Å². The zero-order chi connectivity index (χ0) is 19.1. The van der Waals surface area contributed by atoms with Crippen molar-refractivity contribution in [1.82, 2.24) is 20.4 Å². The third kappa shape index (κ3) is 7.57. The van der Waals surface area contributed by atoms with Crippen molar-refractivity contribution < 1.29 is 19.1 Å². The third-order valence-corrected chi connectivity index (χ3v) is 4.49. The first-order valence-corrected chi connectivity index (χ1v) is 9.61. The second kappa shape index (κ2) is 10.2. The number of carbonyl (C=O) groups is 2. The summed E-state index contributed by atoms with van der Waals surface area (Å²) in [6.07, 6.45) is 0.598. The monoisotopic (exact) mass is 370 g/mol. The highest BCUT2D eigenvalue weighted by atomic mass is 16.5.